The predicted molar refractivity (Wildman–Crippen MR) is 78.5 cm³/mol. The highest BCUT2D eigenvalue weighted by atomic mass is 16.2. The van der Waals surface area contributed by atoms with E-state index >= 15 is 0 Å². The highest BCUT2D eigenvalue weighted by Crippen LogP contribution is 2.34. The van der Waals surface area contributed by atoms with Gasteiger partial charge in [-0.3, -0.25) is 14.9 Å². The maximum Gasteiger partial charge on any atom is 0.231 e. The number of hydrogen-bond acceptors (Lipinski definition) is 4. The molecule has 4 aliphatic rings. The van der Waals surface area contributed by atoms with E-state index in [-0.39, 0.29) is 23.7 Å². The fourth-order valence-corrected chi connectivity index (χ4v) is 4.99. The molecule has 4 atom stereocenters. The lowest BCUT2D eigenvalue weighted by molar-refractivity contribution is -0.126. The van der Waals surface area contributed by atoms with E-state index in [9.17, 15) is 9.59 Å². The van der Waals surface area contributed by atoms with Crippen molar-refractivity contribution in [2.45, 2.75) is 38.1 Å². The van der Waals surface area contributed by atoms with Gasteiger partial charge < -0.3 is 9.80 Å². The summed E-state index contributed by atoms with van der Waals surface area (Å²) in [5.41, 5.74) is 0. The molecule has 116 valence electrons. The van der Waals surface area contributed by atoms with Gasteiger partial charge in [0, 0.05) is 25.7 Å². The number of piperidine rings is 2. The van der Waals surface area contributed by atoms with Gasteiger partial charge in [-0.15, -0.1) is 0 Å². The van der Waals surface area contributed by atoms with Gasteiger partial charge in [0.15, 0.2) is 0 Å². The third-order valence-electron chi connectivity index (χ3n) is 6.04. The molecule has 0 bridgehead atoms. The number of hydrogen-bond donors (Lipinski definition) is 1. The summed E-state index contributed by atoms with van der Waals surface area (Å²) >= 11 is 0. The molecule has 4 fully saturated rings. The van der Waals surface area contributed by atoms with Crippen LogP contribution in [0.3, 0.4) is 0 Å². The number of carbonyl (C=O) groups is 2. The average Bonchev–Trinajstić information content (AvgIpc) is 3.01. The number of carbonyl (C=O) groups excluding carboxylic acids is 2. The van der Waals surface area contributed by atoms with Crippen molar-refractivity contribution < 1.29 is 9.59 Å². The van der Waals surface area contributed by atoms with E-state index in [0.29, 0.717) is 0 Å². The molecule has 0 aromatic carbocycles. The SMILES string of the molecule is O=C1NC(=O)[C@@H]2CN(C[C@@H]3CCCN4CCCC[C@H]34)C[C@H]12. The van der Waals surface area contributed by atoms with Gasteiger partial charge in [-0.05, 0) is 44.7 Å². The van der Waals surface area contributed by atoms with Crippen molar-refractivity contribution in [3.05, 3.63) is 0 Å². The standard InChI is InChI=1S/C16H25N3O2/c20-15-12-9-18(10-13(12)16(21)17-15)8-11-4-3-7-19-6-2-1-5-14(11)19/h11-14H,1-10H2,(H,17,20,21)/t11-,12-,13+,14+/m0/s1. The smallest absolute Gasteiger partial charge is 0.231 e. The Balaban J connectivity index is 1.40. The molecule has 0 aromatic rings. The maximum absolute atomic E-state index is 11.8. The van der Waals surface area contributed by atoms with E-state index in [1.54, 1.807) is 0 Å². The maximum atomic E-state index is 11.8. The van der Waals surface area contributed by atoms with Crippen molar-refractivity contribution >= 4 is 11.8 Å². The van der Waals surface area contributed by atoms with Crippen LogP contribution < -0.4 is 5.32 Å². The van der Waals surface area contributed by atoms with Crippen molar-refractivity contribution in [1.29, 1.82) is 0 Å². The molecule has 0 aromatic heterocycles. The summed E-state index contributed by atoms with van der Waals surface area (Å²) in [5.74, 6) is 0.481. The minimum absolute atomic E-state index is 0.0459. The minimum Gasteiger partial charge on any atom is -0.301 e. The first-order valence-corrected chi connectivity index (χ1v) is 8.53. The van der Waals surface area contributed by atoms with Crippen LogP contribution in [-0.4, -0.2) is 60.4 Å². The molecule has 0 aliphatic carbocycles. The summed E-state index contributed by atoms with van der Waals surface area (Å²) in [6.07, 6.45) is 6.68. The molecule has 4 aliphatic heterocycles. The molecule has 0 spiro atoms. The summed E-state index contributed by atoms with van der Waals surface area (Å²) < 4.78 is 0. The third kappa shape index (κ3) is 2.40. The lowest BCUT2D eigenvalue weighted by Crippen LogP contribution is -2.51. The van der Waals surface area contributed by atoms with Crippen LogP contribution in [0.15, 0.2) is 0 Å². The first-order valence-electron chi connectivity index (χ1n) is 8.53. The average molecular weight is 291 g/mol. The molecule has 5 heteroatoms. The van der Waals surface area contributed by atoms with Crippen LogP contribution >= 0.6 is 0 Å². The van der Waals surface area contributed by atoms with Gasteiger partial charge in [0.1, 0.15) is 0 Å². The van der Waals surface area contributed by atoms with Crippen molar-refractivity contribution in [3.8, 4) is 0 Å². The zero-order valence-corrected chi connectivity index (χ0v) is 12.6. The number of nitrogens with zero attached hydrogens (tertiary/aromatic N) is 2. The molecule has 0 saturated carbocycles. The number of rotatable bonds is 2. The molecule has 4 saturated heterocycles. The highest BCUT2D eigenvalue weighted by Gasteiger charge is 2.48. The van der Waals surface area contributed by atoms with Gasteiger partial charge in [0.2, 0.25) is 11.8 Å². The normalized spacial score (nSPS) is 41.0. The monoisotopic (exact) mass is 291 g/mol. The fourth-order valence-electron chi connectivity index (χ4n) is 4.99. The van der Waals surface area contributed by atoms with E-state index in [1.165, 1.54) is 45.2 Å². The topological polar surface area (TPSA) is 52.7 Å². The van der Waals surface area contributed by atoms with Crippen LogP contribution in [0.5, 0.6) is 0 Å². The van der Waals surface area contributed by atoms with Crippen molar-refractivity contribution in [2.75, 3.05) is 32.7 Å². The molecule has 0 radical (unpaired) electrons. The molecule has 21 heavy (non-hydrogen) atoms. The van der Waals surface area contributed by atoms with E-state index < -0.39 is 0 Å². The van der Waals surface area contributed by atoms with Crippen molar-refractivity contribution in [3.63, 3.8) is 0 Å². The summed E-state index contributed by atoms with van der Waals surface area (Å²) in [7, 11) is 0. The molecule has 1 N–H and O–H groups in total. The van der Waals surface area contributed by atoms with Crippen molar-refractivity contribution in [1.82, 2.24) is 15.1 Å². The Hall–Kier alpha value is -0.940. The first kappa shape index (κ1) is 13.7. The van der Waals surface area contributed by atoms with E-state index in [0.717, 1.165) is 31.6 Å². The summed E-state index contributed by atoms with van der Waals surface area (Å²) in [6.45, 7) is 5.19. The fraction of sp³-hybridized carbons (Fsp3) is 0.875. The molecule has 4 heterocycles. The zero-order chi connectivity index (χ0) is 14.4. The van der Waals surface area contributed by atoms with Crippen LogP contribution in [0.4, 0.5) is 0 Å². The molecule has 0 unspecified atom stereocenters. The van der Waals surface area contributed by atoms with Crippen LogP contribution in [0.1, 0.15) is 32.1 Å². The van der Waals surface area contributed by atoms with Gasteiger partial charge >= 0.3 is 0 Å². The van der Waals surface area contributed by atoms with Crippen LogP contribution in [0.25, 0.3) is 0 Å². The lowest BCUT2D eigenvalue weighted by Gasteiger charge is -2.45. The Morgan fingerprint density at radius 3 is 2.43 bits per heavy atom. The number of likely N-dealkylation sites (tertiary alicyclic amines) is 1. The summed E-state index contributed by atoms with van der Waals surface area (Å²) in [4.78, 5) is 28.6. The summed E-state index contributed by atoms with van der Waals surface area (Å²) in [5, 5.41) is 2.48. The largest absolute Gasteiger partial charge is 0.301 e. The first-order chi connectivity index (χ1) is 10.2. The Morgan fingerprint density at radius 2 is 1.67 bits per heavy atom. The van der Waals surface area contributed by atoms with E-state index in [1.807, 2.05) is 0 Å². The van der Waals surface area contributed by atoms with E-state index in [4.69, 9.17) is 0 Å². The van der Waals surface area contributed by atoms with Gasteiger partial charge in [-0.25, -0.2) is 0 Å². The van der Waals surface area contributed by atoms with E-state index in [2.05, 4.69) is 15.1 Å². The molecule has 2 amide bonds. The Kier molecular flexibility index (Phi) is 3.50. The lowest BCUT2D eigenvalue weighted by atomic mass is 9.83. The van der Waals surface area contributed by atoms with Gasteiger partial charge in [0.25, 0.3) is 0 Å². The molecule has 5 nitrogen and oxygen atoms in total. The third-order valence-corrected chi connectivity index (χ3v) is 6.04. The number of nitrogens with one attached hydrogen (secondary N) is 1. The second kappa shape index (κ2) is 5.36. The Morgan fingerprint density at radius 1 is 0.952 bits per heavy atom. The zero-order valence-electron chi connectivity index (χ0n) is 12.6. The van der Waals surface area contributed by atoms with Crippen LogP contribution in [0, 0.1) is 17.8 Å². The van der Waals surface area contributed by atoms with Crippen molar-refractivity contribution in [2.24, 2.45) is 17.8 Å². The Bertz CT molecular complexity index is 429. The molecular formula is C16H25N3O2. The second-order valence-corrected chi connectivity index (χ2v) is 7.29. The second-order valence-electron chi connectivity index (χ2n) is 7.29. The van der Waals surface area contributed by atoms with Gasteiger partial charge in [0.05, 0.1) is 11.8 Å². The van der Waals surface area contributed by atoms with Crippen LogP contribution in [0.2, 0.25) is 0 Å². The predicted octanol–water partition coefficient (Wildman–Crippen LogP) is 0.455. The number of amides is 2. The molecule has 4 rings (SSSR count). The number of fused-ring (bicyclic) bond motifs is 2. The highest BCUT2D eigenvalue weighted by molar-refractivity contribution is 6.05. The van der Waals surface area contributed by atoms with Gasteiger partial charge in [-0.1, -0.05) is 6.42 Å². The quantitative estimate of drug-likeness (QED) is 0.751. The molecular weight excluding hydrogens is 266 g/mol. The van der Waals surface area contributed by atoms with Crippen LogP contribution in [-0.2, 0) is 9.59 Å². The van der Waals surface area contributed by atoms with Gasteiger partial charge in [-0.2, -0.15) is 0 Å². The summed E-state index contributed by atoms with van der Waals surface area (Å²) in [6, 6.07) is 0.748. The number of imide groups is 1. The minimum atomic E-state index is -0.0800. The Labute approximate surface area is 126 Å².